The van der Waals surface area contributed by atoms with Crippen LogP contribution in [0.25, 0.3) is 0 Å². The van der Waals surface area contributed by atoms with Gasteiger partial charge in [-0.1, -0.05) is 24.3 Å². The van der Waals surface area contributed by atoms with Crippen LogP contribution in [0.2, 0.25) is 0 Å². The molecule has 0 saturated heterocycles. The largest absolute Gasteiger partial charge is 0.375 e. The van der Waals surface area contributed by atoms with Gasteiger partial charge in [0, 0.05) is 7.11 Å². The predicted octanol–water partition coefficient (Wildman–Crippen LogP) is 1.60. The van der Waals surface area contributed by atoms with Crippen LogP contribution < -0.4 is 0 Å². The van der Waals surface area contributed by atoms with Crippen LogP contribution in [0.1, 0.15) is 17.2 Å². The molecule has 2 unspecified atom stereocenters. The van der Waals surface area contributed by atoms with E-state index in [1.807, 2.05) is 0 Å². The highest BCUT2D eigenvalue weighted by atomic mass is 32.3. The number of hydrogen-bond donors (Lipinski definition) is 0. The second-order valence-electron chi connectivity index (χ2n) is 3.57. The third-order valence-corrected chi connectivity index (χ3v) is 3.87. The number of fused-ring (bicyclic) bond motifs is 1. The maximum Gasteiger partial charge on any atom is 0.308 e. The quantitative estimate of drug-likeness (QED) is 0.725. The fourth-order valence-corrected chi connectivity index (χ4v) is 2.98. The molecule has 0 spiro atoms. The van der Waals surface area contributed by atoms with Crippen molar-refractivity contribution < 1.29 is 17.0 Å². The van der Waals surface area contributed by atoms with Crippen LogP contribution in [-0.4, -0.2) is 20.8 Å². The van der Waals surface area contributed by atoms with E-state index in [1.54, 1.807) is 24.3 Å². The van der Waals surface area contributed by atoms with Crippen molar-refractivity contribution in [3.8, 4) is 0 Å². The minimum Gasteiger partial charge on any atom is -0.375 e. The molecular formula is C10H11FO3S. The molecule has 1 aromatic rings. The molecule has 0 N–H and O–H groups in total. The Bertz CT molecular complexity index is 469. The smallest absolute Gasteiger partial charge is 0.308 e. The van der Waals surface area contributed by atoms with Crippen molar-refractivity contribution in [3.05, 3.63) is 35.4 Å². The van der Waals surface area contributed by atoms with Gasteiger partial charge in [-0.2, -0.15) is 8.42 Å². The van der Waals surface area contributed by atoms with Crippen LogP contribution in [0.5, 0.6) is 0 Å². The summed E-state index contributed by atoms with van der Waals surface area (Å²) in [5.74, 6) is 0. The fraction of sp³-hybridized carbons (Fsp3) is 0.400. The molecule has 3 nitrogen and oxygen atoms in total. The van der Waals surface area contributed by atoms with Gasteiger partial charge in [0.15, 0.2) is 0 Å². The first-order chi connectivity index (χ1) is 7.04. The molecule has 0 aliphatic heterocycles. The highest BCUT2D eigenvalue weighted by molar-refractivity contribution is 7.87. The average molecular weight is 230 g/mol. The van der Waals surface area contributed by atoms with Crippen molar-refractivity contribution in [2.24, 2.45) is 0 Å². The summed E-state index contributed by atoms with van der Waals surface area (Å²) >= 11 is 0. The highest BCUT2D eigenvalue weighted by Crippen LogP contribution is 2.37. The molecule has 0 heterocycles. The van der Waals surface area contributed by atoms with Crippen LogP contribution in [0.15, 0.2) is 24.3 Å². The molecule has 0 radical (unpaired) electrons. The number of benzene rings is 1. The monoisotopic (exact) mass is 230 g/mol. The van der Waals surface area contributed by atoms with Crippen molar-refractivity contribution in [2.75, 3.05) is 7.11 Å². The Hall–Kier alpha value is -0.940. The van der Waals surface area contributed by atoms with E-state index < -0.39 is 21.6 Å². The van der Waals surface area contributed by atoms with E-state index in [4.69, 9.17) is 4.74 Å². The first-order valence-corrected chi connectivity index (χ1v) is 6.03. The van der Waals surface area contributed by atoms with Crippen molar-refractivity contribution in [2.45, 2.75) is 17.8 Å². The molecule has 82 valence electrons. The van der Waals surface area contributed by atoms with E-state index in [1.165, 1.54) is 7.11 Å². The van der Waals surface area contributed by atoms with Gasteiger partial charge in [0.25, 0.3) is 0 Å². The van der Waals surface area contributed by atoms with Gasteiger partial charge in [-0.3, -0.25) is 0 Å². The van der Waals surface area contributed by atoms with Crippen LogP contribution in [0.3, 0.4) is 0 Å². The molecule has 1 aliphatic rings. The second kappa shape index (κ2) is 3.57. The van der Waals surface area contributed by atoms with Crippen molar-refractivity contribution in [1.29, 1.82) is 0 Å². The minimum atomic E-state index is -4.56. The first kappa shape index (κ1) is 10.6. The van der Waals surface area contributed by atoms with Gasteiger partial charge in [-0.05, 0) is 17.5 Å². The SMILES string of the molecule is COC1c2ccccc2CC1S(=O)(=O)F. The van der Waals surface area contributed by atoms with Gasteiger partial charge >= 0.3 is 10.2 Å². The van der Waals surface area contributed by atoms with Gasteiger partial charge in [0.05, 0.1) is 0 Å². The van der Waals surface area contributed by atoms with Crippen LogP contribution in [-0.2, 0) is 21.4 Å². The number of rotatable bonds is 2. The zero-order chi connectivity index (χ0) is 11.1. The van der Waals surface area contributed by atoms with Crippen molar-refractivity contribution >= 4 is 10.2 Å². The van der Waals surface area contributed by atoms with Crippen molar-refractivity contribution in [1.82, 2.24) is 0 Å². The molecule has 1 aliphatic carbocycles. The third-order valence-electron chi connectivity index (χ3n) is 2.74. The van der Waals surface area contributed by atoms with Crippen molar-refractivity contribution in [3.63, 3.8) is 0 Å². The van der Waals surface area contributed by atoms with Gasteiger partial charge in [-0.15, -0.1) is 3.89 Å². The average Bonchev–Trinajstić information content (AvgIpc) is 2.55. The van der Waals surface area contributed by atoms with Gasteiger partial charge < -0.3 is 4.74 Å². The lowest BCUT2D eigenvalue weighted by atomic mass is 10.1. The molecule has 0 fully saturated rings. The van der Waals surface area contributed by atoms with E-state index in [0.29, 0.717) is 0 Å². The second-order valence-corrected chi connectivity index (χ2v) is 5.13. The number of hydrogen-bond acceptors (Lipinski definition) is 3. The molecule has 2 rings (SSSR count). The van der Waals surface area contributed by atoms with E-state index in [-0.39, 0.29) is 6.42 Å². The summed E-state index contributed by atoms with van der Waals surface area (Å²) < 4.78 is 39.9. The zero-order valence-corrected chi connectivity index (χ0v) is 9.00. The maximum atomic E-state index is 13.0. The lowest BCUT2D eigenvalue weighted by Gasteiger charge is -2.14. The van der Waals surface area contributed by atoms with E-state index >= 15 is 0 Å². The van der Waals surface area contributed by atoms with Crippen LogP contribution in [0.4, 0.5) is 3.89 Å². The fourth-order valence-electron chi connectivity index (χ4n) is 2.05. The van der Waals surface area contributed by atoms with Gasteiger partial charge in [0.2, 0.25) is 0 Å². The van der Waals surface area contributed by atoms with E-state index in [9.17, 15) is 12.3 Å². The standard InChI is InChI=1S/C10H11FO3S/c1-14-10-8-5-3-2-4-7(8)6-9(10)15(11,12)13/h2-5,9-10H,6H2,1H3. The van der Waals surface area contributed by atoms with E-state index in [2.05, 4.69) is 0 Å². The lowest BCUT2D eigenvalue weighted by molar-refractivity contribution is 0.106. The van der Waals surface area contributed by atoms with Gasteiger partial charge in [0.1, 0.15) is 11.4 Å². The highest BCUT2D eigenvalue weighted by Gasteiger charge is 2.41. The maximum absolute atomic E-state index is 13.0. The molecule has 2 atom stereocenters. The van der Waals surface area contributed by atoms with Gasteiger partial charge in [-0.25, -0.2) is 0 Å². The Kier molecular flexibility index (Phi) is 2.52. The molecule has 0 bridgehead atoms. The molecule has 1 aromatic carbocycles. The Morgan fingerprint density at radius 2 is 2.07 bits per heavy atom. The lowest BCUT2D eigenvalue weighted by Crippen LogP contribution is -2.23. The number of ether oxygens (including phenoxy) is 1. The Labute approximate surface area is 88.1 Å². The summed E-state index contributed by atoms with van der Waals surface area (Å²) in [4.78, 5) is 0. The molecule has 0 aromatic heterocycles. The summed E-state index contributed by atoms with van der Waals surface area (Å²) in [6.45, 7) is 0. The summed E-state index contributed by atoms with van der Waals surface area (Å²) in [7, 11) is -3.16. The summed E-state index contributed by atoms with van der Waals surface area (Å²) in [6, 6.07) is 7.16. The minimum absolute atomic E-state index is 0.188. The Morgan fingerprint density at radius 3 is 2.67 bits per heavy atom. The molecule has 15 heavy (non-hydrogen) atoms. The van der Waals surface area contributed by atoms with Crippen LogP contribution >= 0.6 is 0 Å². The number of halogens is 1. The zero-order valence-electron chi connectivity index (χ0n) is 8.18. The Balaban J connectivity index is 2.46. The van der Waals surface area contributed by atoms with Crippen LogP contribution in [0, 0.1) is 0 Å². The molecular weight excluding hydrogens is 219 g/mol. The molecule has 0 saturated carbocycles. The predicted molar refractivity (Wildman–Crippen MR) is 53.7 cm³/mol. The molecule has 5 heteroatoms. The van der Waals surface area contributed by atoms with E-state index in [0.717, 1.165) is 11.1 Å². The summed E-state index contributed by atoms with van der Waals surface area (Å²) in [5, 5.41) is -1.10. The summed E-state index contributed by atoms with van der Waals surface area (Å²) in [5.41, 5.74) is 1.61. The first-order valence-electron chi connectivity index (χ1n) is 4.58. The summed E-state index contributed by atoms with van der Waals surface area (Å²) in [6.07, 6.45) is -0.496. The molecule has 0 amide bonds. The Morgan fingerprint density at radius 1 is 1.40 bits per heavy atom. The third kappa shape index (κ3) is 1.77. The number of methoxy groups -OCH3 is 1. The normalized spacial score (nSPS) is 25.2. The topological polar surface area (TPSA) is 43.4 Å².